The average molecular weight is 430 g/mol. The van der Waals surface area contributed by atoms with Crippen LogP contribution in [0.1, 0.15) is 55.6 Å². The first-order valence-corrected chi connectivity index (χ1v) is 10.7. The summed E-state index contributed by atoms with van der Waals surface area (Å²) >= 11 is 0. The lowest BCUT2D eigenvalue weighted by molar-refractivity contribution is -0.144. The average Bonchev–Trinajstić information content (AvgIpc) is 3.17. The van der Waals surface area contributed by atoms with Gasteiger partial charge in [0.25, 0.3) is 0 Å². The van der Waals surface area contributed by atoms with E-state index >= 15 is 0 Å². The zero-order chi connectivity index (χ0) is 21.6. The normalized spacial score (nSPS) is 18.3. The van der Waals surface area contributed by atoms with E-state index in [1.54, 1.807) is 0 Å². The van der Waals surface area contributed by atoms with Crippen LogP contribution in [0.2, 0.25) is 0 Å². The van der Waals surface area contributed by atoms with Gasteiger partial charge in [-0.15, -0.1) is 0 Å². The summed E-state index contributed by atoms with van der Waals surface area (Å²) in [6.45, 7) is 6.58. The first-order chi connectivity index (χ1) is 13.3. The number of nitrogens with zero attached hydrogens (tertiary/aromatic N) is 2. The molecule has 160 valence electrons. The second-order valence-electron chi connectivity index (χ2n) is 8.32. The minimum absolute atomic E-state index is 0.0295. The van der Waals surface area contributed by atoms with E-state index in [9.17, 15) is 22.5 Å². The van der Waals surface area contributed by atoms with Crippen molar-refractivity contribution in [3.05, 3.63) is 52.3 Å². The lowest BCUT2D eigenvalue weighted by Gasteiger charge is -2.17. The van der Waals surface area contributed by atoms with Gasteiger partial charge in [0.2, 0.25) is 0 Å². The van der Waals surface area contributed by atoms with Crippen LogP contribution in [0.15, 0.2) is 24.4 Å². The maximum atomic E-state index is 13.3. The largest absolute Gasteiger partial charge is 0.435 e. The van der Waals surface area contributed by atoms with Gasteiger partial charge in [-0.05, 0) is 57.2 Å². The van der Waals surface area contributed by atoms with E-state index in [2.05, 4.69) is 9.82 Å². The van der Waals surface area contributed by atoms with Crippen molar-refractivity contribution in [3.8, 4) is 0 Å². The SMILES string of the molecule is CC(C)S(=O)NC1Cc2ccc(Cn3cc(C(C)(C)O)c(C(F)(F)F)n3)cc2C1. The summed E-state index contributed by atoms with van der Waals surface area (Å²) in [7, 11) is -1.10. The van der Waals surface area contributed by atoms with Crippen molar-refractivity contribution in [1.82, 2.24) is 14.5 Å². The van der Waals surface area contributed by atoms with E-state index in [0.29, 0.717) is 0 Å². The molecule has 0 fully saturated rings. The molecule has 1 aromatic carbocycles. The number of hydrogen-bond acceptors (Lipinski definition) is 3. The molecule has 0 saturated carbocycles. The molecule has 2 atom stereocenters. The molecule has 0 aliphatic heterocycles. The van der Waals surface area contributed by atoms with E-state index in [1.165, 1.54) is 24.7 Å². The molecule has 0 radical (unpaired) electrons. The van der Waals surface area contributed by atoms with Crippen LogP contribution in [0.3, 0.4) is 0 Å². The lowest BCUT2D eigenvalue weighted by Crippen LogP contribution is -2.34. The van der Waals surface area contributed by atoms with E-state index < -0.39 is 28.5 Å². The van der Waals surface area contributed by atoms with E-state index in [-0.39, 0.29) is 23.4 Å². The zero-order valence-electron chi connectivity index (χ0n) is 16.9. The first kappa shape index (κ1) is 22.0. The highest BCUT2D eigenvalue weighted by Gasteiger charge is 2.41. The van der Waals surface area contributed by atoms with Crippen molar-refractivity contribution in [3.63, 3.8) is 0 Å². The van der Waals surface area contributed by atoms with Crippen molar-refractivity contribution in [2.45, 2.75) is 70.2 Å². The van der Waals surface area contributed by atoms with Crippen LogP contribution < -0.4 is 4.72 Å². The summed E-state index contributed by atoms with van der Waals surface area (Å²) in [6.07, 6.45) is -1.88. The van der Waals surface area contributed by atoms with Gasteiger partial charge in [-0.1, -0.05) is 18.2 Å². The van der Waals surface area contributed by atoms with Crippen LogP contribution >= 0.6 is 0 Å². The molecule has 1 heterocycles. The Hall–Kier alpha value is -1.71. The predicted octanol–water partition coefficient (Wildman–Crippen LogP) is 3.31. The van der Waals surface area contributed by atoms with Crippen LogP contribution in [0.4, 0.5) is 13.2 Å². The number of aliphatic hydroxyl groups is 1. The summed E-state index contributed by atoms with van der Waals surface area (Å²) < 4.78 is 56.3. The minimum Gasteiger partial charge on any atom is -0.386 e. The number of halogens is 3. The van der Waals surface area contributed by atoms with Crippen LogP contribution in [-0.2, 0) is 42.1 Å². The molecule has 0 amide bonds. The fourth-order valence-corrected chi connectivity index (χ4v) is 4.27. The molecule has 0 bridgehead atoms. The van der Waals surface area contributed by atoms with Crippen molar-refractivity contribution < 1.29 is 22.5 Å². The number of benzene rings is 1. The standard InChI is InChI=1S/C20H26F3N3O2S/c1-12(2)29(28)25-16-8-14-6-5-13(7-15(14)9-16)10-26-11-17(19(3,4)27)18(24-26)20(21,22)23/h5-7,11-12,16,25,27H,8-10H2,1-4H3. The highest BCUT2D eigenvalue weighted by molar-refractivity contribution is 7.83. The fraction of sp³-hybridized carbons (Fsp3) is 0.550. The van der Waals surface area contributed by atoms with Crippen molar-refractivity contribution in [2.24, 2.45) is 0 Å². The van der Waals surface area contributed by atoms with Crippen LogP contribution in [0, 0.1) is 0 Å². The quantitative estimate of drug-likeness (QED) is 0.741. The maximum Gasteiger partial charge on any atom is 0.435 e. The monoisotopic (exact) mass is 429 g/mol. The summed E-state index contributed by atoms with van der Waals surface area (Å²) in [5, 5.41) is 13.8. The second-order valence-corrected chi connectivity index (χ2v) is 10.1. The Bertz CT molecular complexity index is 885. The molecule has 1 aromatic heterocycles. The van der Waals surface area contributed by atoms with Crippen LogP contribution in [0.25, 0.3) is 0 Å². The van der Waals surface area contributed by atoms with Gasteiger partial charge < -0.3 is 5.11 Å². The lowest BCUT2D eigenvalue weighted by atomic mass is 9.99. The first-order valence-electron chi connectivity index (χ1n) is 9.49. The van der Waals surface area contributed by atoms with Crippen molar-refractivity contribution in [1.29, 1.82) is 0 Å². The van der Waals surface area contributed by atoms with Crippen LogP contribution in [0.5, 0.6) is 0 Å². The Morgan fingerprint density at radius 3 is 2.48 bits per heavy atom. The molecular weight excluding hydrogens is 403 g/mol. The van der Waals surface area contributed by atoms with Gasteiger partial charge in [-0.3, -0.25) is 4.68 Å². The summed E-state index contributed by atoms with van der Waals surface area (Å²) in [6, 6.07) is 5.90. The molecule has 5 nitrogen and oxygen atoms in total. The summed E-state index contributed by atoms with van der Waals surface area (Å²) in [5.74, 6) is 0. The highest BCUT2D eigenvalue weighted by Crippen LogP contribution is 2.35. The Morgan fingerprint density at radius 1 is 1.28 bits per heavy atom. The molecule has 3 rings (SSSR count). The van der Waals surface area contributed by atoms with E-state index in [1.807, 2.05) is 32.0 Å². The Balaban J connectivity index is 1.78. The van der Waals surface area contributed by atoms with Gasteiger partial charge in [0.05, 0.1) is 23.1 Å². The number of rotatable bonds is 6. The molecular formula is C20H26F3N3O2S. The minimum atomic E-state index is -4.64. The Kier molecular flexibility index (Phi) is 5.95. The van der Waals surface area contributed by atoms with Crippen molar-refractivity contribution >= 4 is 11.0 Å². The smallest absolute Gasteiger partial charge is 0.386 e. The number of nitrogens with one attached hydrogen (secondary N) is 1. The predicted molar refractivity (Wildman–Crippen MR) is 106 cm³/mol. The fourth-order valence-electron chi connectivity index (χ4n) is 3.50. The van der Waals surface area contributed by atoms with Gasteiger partial charge in [0.1, 0.15) is 0 Å². The molecule has 29 heavy (non-hydrogen) atoms. The zero-order valence-corrected chi connectivity index (χ0v) is 17.7. The Morgan fingerprint density at radius 2 is 1.93 bits per heavy atom. The maximum absolute atomic E-state index is 13.3. The molecule has 2 aromatic rings. The number of alkyl halides is 3. The number of hydrogen-bond donors (Lipinski definition) is 2. The summed E-state index contributed by atoms with van der Waals surface area (Å²) in [4.78, 5) is 0. The Labute approximate surface area is 170 Å². The third kappa shape index (κ3) is 5.07. The topological polar surface area (TPSA) is 67.2 Å². The third-order valence-corrected chi connectivity index (χ3v) is 6.37. The van der Waals surface area contributed by atoms with Gasteiger partial charge in [-0.2, -0.15) is 18.3 Å². The molecule has 2 N–H and O–H groups in total. The molecule has 0 saturated heterocycles. The molecule has 0 spiro atoms. The van der Waals surface area contributed by atoms with Gasteiger partial charge in [0.15, 0.2) is 5.69 Å². The van der Waals surface area contributed by atoms with Gasteiger partial charge in [0, 0.05) is 23.1 Å². The van der Waals surface area contributed by atoms with Crippen molar-refractivity contribution in [2.75, 3.05) is 0 Å². The van der Waals surface area contributed by atoms with Gasteiger partial charge in [-0.25, -0.2) is 8.93 Å². The number of fused-ring (bicyclic) bond motifs is 1. The summed E-state index contributed by atoms with van der Waals surface area (Å²) in [5.41, 5.74) is 0.129. The molecule has 9 heteroatoms. The van der Waals surface area contributed by atoms with E-state index in [0.717, 1.165) is 29.5 Å². The van der Waals surface area contributed by atoms with E-state index in [4.69, 9.17) is 0 Å². The molecule has 1 aliphatic rings. The molecule has 1 aliphatic carbocycles. The highest BCUT2D eigenvalue weighted by atomic mass is 32.2. The van der Waals surface area contributed by atoms with Crippen LogP contribution in [-0.4, -0.2) is 30.4 Å². The third-order valence-electron chi connectivity index (χ3n) is 4.95. The molecule has 2 unspecified atom stereocenters. The number of aromatic nitrogens is 2. The second kappa shape index (κ2) is 7.85. The van der Waals surface area contributed by atoms with Gasteiger partial charge >= 0.3 is 6.18 Å².